The highest BCUT2D eigenvalue weighted by atomic mass is 79.9. The summed E-state index contributed by atoms with van der Waals surface area (Å²) in [4.78, 5) is 12.0. The number of piperidine rings is 1. The molecule has 0 aliphatic carbocycles. The molecule has 1 aliphatic rings. The predicted molar refractivity (Wildman–Crippen MR) is 74.1 cm³/mol. The van der Waals surface area contributed by atoms with Gasteiger partial charge in [-0.1, -0.05) is 34.1 Å². The molecule has 2 rings (SSSR count). The van der Waals surface area contributed by atoms with Gasteiger partial charge in [0.25, 0.3) is 0 Å². The zero-order valence-corrected chi connectivity index (χ0v) is 12.1. The Morgan fingerprint density at radius 2 is 2.28 bits per heavy atom. The van der Waals surface area contributed by atoms with Gasteiger partial charge in [-0.15, -0.1) is 0 Å². The molecule has 1 saturated heterocycles. The summed E-state index contributed by atoms with van der Waals surface area (Å²) in [7, 11) is 0. The van der Waals surface area contributed by atoms with Crippen molar-refractivity contribution in [1.82, 2.24) is 5.32 Å². The molecule has 0 radical (unpaired) electrons. The average Bonchev–Trinajstić information content (AvgIpc) is 2.37. The largest absolute Gasteiger partial charge is 0.461 e. The van der Waals surface area contributed by atoms with Crippen molar-refractivity contribution in [3.8, 4) is 0 Å². The number of ether oxygens (including phenoxy) is 1. The lowest BCUT2D eigenvalue weighted by Gasteiger charge is -2.26. The van der Waals surface area contributed by atoms with Crippen LogP contribution >= 0.6 is 15.9 Å². The molecule has 1 heterocycles. The van der Waals surface area contributed by atoms with Crippen LogP contribution in [0.4, 0.5) is 0 Å². The van der Waals surface area contributed by atoms with Crippen LogP contribution < -0.4 is 5.32 Å². The van der Waals surface area contributed by atoms with Crippen LogP contribution in [0.5, 0.6) is 0 Å². The number of hydrogen-bond donors (Lipinski definition) is 1. The standard InChI is InChI=1S/C14H18BrNO2/c1-10-8-11(6-7-16-10)14(17)18-9-12-4-2-3-5-13(12)15/h2-5,10-11,16H,6-9H2,1H3. The number of carbonyl (C=O) groups excluding carboxylic acids is 1. The minimum atomic E-state index is -0.0703. The summed E-state index contributed by atoms with van der Waals surface area (Å²) in [6.07, 6.45) is 1.74. The smallest absolute Gasteiger partial charge is 0.309 e. The van der Waals surface area contributed by atoms with Gasteiger partial charge in [0.15, 0.2) is 0 Å². The van der Waals surface area contributed by atoms with Gasteiger partial charge in [-0.3, -0.25) is 4.79 Å². The molecule has 3 nitrogen and oxygen atoms in total. The molecule has 18 heavy (non-hydrogen) atoms. The van der Waals surface area contributed by atoms with Gasteiger partial charge in [0.05, 0.1) is 5.92 Å². The number of hydrogen-bond acceptors (Lipinski definition) is 3. The highest BCUT2D eigenvalue weighted by Crippen LogP contribution is 2.20. The second kappa shape index (κ2) is 6.34. The summed E-state index contributed by atoms with van der Waals surface area (Å²) < 4.78 is 6.38. The molecule has 0 saturated carbocycles. The molecule has 0 aromatic heterocycles. The van der Waals surface area contributed by atoms with Gasteiger partial charge in [0.2, 0.25) is 0 Å². The van der Waals surface area contributed by atoms with E-state index in [1.165, 1.54) is 0 Å². The minimum Gasteiger partial charge on any atom is -0.461 e. The Bertz CT molecular complexity index is 422. The first-order valence-corrected chi connectivity index (χ1v) is 7.09. The van der Waals surface area contributed by atoms with E-state index < -0.39 is 0 Å². The fourth-order valence-corrected chi connectivity index (χ4v) is 2.63. The maximum Gasteiger partial charge on any atom is 0.309 e. The molecule has 2 unspecified atom stereocenters. The fraction of sp³-hybridized carbons (Fsp3) is 0.500. The predicted octanol–water partition coefficient (Wildman–Crippen LogP) is 2.88. The lowest BCUT2D eigenvalue weighted by molar-refractivity contribution is -0.151. The van der Waals surface area contributed by atoms with Crippen LogP contribution in [-0.4, -0.2) is 18.6 Å². The van der Waals surface area contributed by atoms with Crippen LogP contribution in [0.3, 0.4) is 0 Å². The first kappa shape index (κ1) is 13.6. The van der Waals surface area contributed by atoms with Crippen molar-refractivity contribution < 1.29 is 9.53 Å². The van der Waals surface area contributed by atoms with Crippen LogP contribution in [0.15, 0.2) is 28.7 Å². The first-order chi connectivity index (χ1) is 8.66. The van der Waals surface area contributed by atoms with Crippen LogP contribution in [-0.2, 0) is 16.1 Å². The van der Waals surface area contributed by atoms with E-state index in [2.05, 4.69) is 28.2 Å². The summed E-state index contributed by atoms with van der Waals surface area (Å²) in [5.74, 6) is -0.0251. The third-order valence-electron chi connectivity index (χ3n) is 3.28. The van der Waals surface area contributed by atoms with E-state index in [9.17, 15) is 4.79 Å². The van der Waals surface area contributed by atoms with Gasteiger partial charge in [0.1, 0.15) is 6.61 Å². The van der Waals surface area contributed by atoms with E-state index in [1.807, 2.05) is 24.3 Å². The molecule has 0 spiro atoms. The maximum atomic E-state index is 12.0. The number of carbonyl (C=O) groups is 1. The quantitative estimate of drug-likeness (QED) is 0.872. The van der Waals surface area contributed by atoms with Crippen LogP contribution in [0.1, 0.15) is 25.3 Å². The van der Waals surface area contributed by atoms with E-state index in [-0.39, 0.29) is 11.9 Å². The van der Waals surface area contributed by atoms with Gasteiger partial charge < -0.3 is 10.1 Å². The zero-order valence-electron chi connectivity index (χ0n) is 10.5. The first-order valence-electron chi connectivity index (χ1n) is 6.30. The van der Waals surface area contributed by atoms with Gasteiger partial charge in [0, 0.05) is 16.1 Å². The van der Waals surface area contributed by atoms with Gasteiger partial charge in [-0.2, -0.15) is 0 Å². The Hall–Kier alpha value is -0.870. The van der Waals surface area contributed by atoms with E-state index in [0.717, 1.165) is 29.4 Å². The van der Waals surface area contributed by atoms with Crippen LogP contribution in [0, 0.1) is 5.92 Å². The van der Waals surface area contributed by atoms with Crippen LogP contribution in [0.25, 0.3) is 0 Å². The number of halogens is 1. The molecule has 0 amide bonds. The summed E-state index contributed by atoms with van der Waals surface area (Å²) >= 11 is 3.45. The number of rotatable bonds is 3. The molecule has 1 aromatic rings. The average molecular weight is 312 g/mol. The Labute approximate surface area is 116 Å². The molecule has 4 heteroatoms. The molecule has 1 aliphatic heterocycles. The number of esters is 1. The lowest BCUT2D eigenvalue weighted by atomic mass is 9.93. The van der Waals surface area contributed by atoms with Crippen LogP contribution in [0.2, 0.25) is 0 Å². The third-order valence-corrected chi connectivity index (χ3v) is 4.06. The summed E-state index contributed by atoms with van der Waals surface area (Å²) in [5.41, 5.74) is 1.01. The third kappa shape index (κ3) is 3.56. The van der Waals surface area contributed by atoms with Gasteiger partial charge in [-0.25, -0.2) is 0 Å². The molecule has 1 aromatic carbocycles. The zero-order chi connectivity index (χ0) is 13.0. The molecule has 2 atom stereocenters. The van der Waals surface area contributed by atoms with Crippen molar-refractivity contribution in [3.63, 3.8) is 0 Å². The van der Waals surface area contributed by atoms with E-state index in [1.54, 1.807) is 0 Å². The minimum absolute atomic E-state index is 0.0451. The summed E-state index contributed by atoms with van der Waals surface area (Å²) in [6.45, 7) is 3.35. The second-order valence-electron chi connectivity index (χ2n) is 4.78. The molecule has 1 N–H and O–H groups in total. The van der Waals surface area contributed by atoms with Crippen molar-refractivity contribution in [2.24, 2.45) is 5.92 Å². The normalized spacial score (nSPS) is 23.7. The van der Waals surface area contributed by atoms with Crippen molar-refractivity contribution in [1.29, 1.82) is 0 Å². The van der Waals surface area contributed by atoms with Gasteiger partial charge in [-0.05, 0) is 32.4 Å². The van der Waals surface area contributed by atoms with Crippen molar-refractivity contribution in [3.05, 3.63) is 34.3 Å². The van der Waals surface area contributed by atoms with Crippen molar-refractivity contribution in [2.45, 2.75) is 32.4 Å². The monoisotopic (exact) mass is 311 g/mol. The Morgan fingerprint density at radius 3 is 3.00 bits per heavy atom. The second-order valence-corrected chi connectivity index (χ2v) is 5.63. The Balaban J connectivity index is 1.86. The summed E-state index contributed by atoms with van der Waals surface area (Å²) in [5, 5.41) is 3.33. The molecular formula is C14H18BrNO2. The maximum absolute atomic E-state index is 12.0. The number of nitrogens with one attached hydrogen (secondary N) is 1. The van der Waals surface area contributed by atoms with E-state index >= 15 is 0 Å². The Kier molecular flexibility index (Phi) is 4.78. The number of benzene rings is 1. The molecule has 98 valence electrons. The highest BCUT2D eigenvalue weighted by Gasteiger charge is 2.25. The molecule has 1 fully saturated rings. The SMILES string of the molecule is CC1CC(C(=O)OCc2ccccc2Br)CCN1. The summed E-state index contributed by atoms with van der Waals surface area (Å²) in [6, 6.07) is 8.21. The lowest BCUT2D eigenvalue weighted by Crippen LogP contribution is -2.39. The van der Waals surface area contributed by atoms with Gasteiger partial charge >= 0.3 is 5.97 Å². The molecular weight excluding hydrogens is 294 g/mol. The highest BCUT2D eigenvalue weighted by molar-refractivity contribution is 9.10. The van der Waals surface area contributed by atoms with Crippen molar-refractivity contribution in [2.75, 3.05) is 6.54 Å². The van der Waals surface area contributed by atoms with Crippen molar-refractivity contribution >= 4 is 21.9 Å². The van der Waals surface area contributed by atoms with E-state index in [4.69, 9.17) is 4.74 Å². The molecule has 0 bridgehead atoms. The van der Waals surface area contributed by atoms with E-state index in [0.29, 0.717) is 12.6 Å². The fourth-order valence-electron chi connectivity index (χ4n) is 2.23. The Morgan fingerprint density at radius 1 is 1.50 bits per heavy atom. The topological polar surface area (TPSA) is 38.3 Å².